The monoisotopic (exact) mass is 383 g/mol. The Hall–Kier alpha value is -2.04. The summed E-state index contributed by atoms with van der Waals surface area (Å²) in [6, 6.07) is 0. The van der Waals surface area contributed by atoms with Gasteiger partial charge in [-0.15, -0.1) is 5.10 Å². The molecule has 27 heavy (non-hydrogen) atoms. The lowest BCUT2D eigenvalue weighted by atomic mass is 9.88. The molecule has 1 amide bonds. The summed E-state index contributed by atoms with van der Waals surface area (Å²) in [5.74, 6) is -1.34. The fourth-order valence-corrected chi connectivity index (χ4v) is 3.07. The second-order valence-electron chi connectivity index (χ2n) is 7.02. The Morgan fingerprint density at radius 1 is 1.33 bits per heavy atom. The molecule has 0 aliphatic carbocycles. The lowest BCUT2D eigenvalue weighted by molar-refractivity contribution is -0.166. The number of hydrogen-bond donors (Lipinski definition) is 1. The van der Waals surface area contributed by atoms with Crippen molar-refractivity contribution >= 4 is 11.9 Å². The van der Waals surface area contributed by atoms with Crippen LogP contribution >= 0.6 is 0 Å². The normalized spacial score (nSPS) is 16.4. The Kier molecular flexibility index (Phi) is 7.69. The van der Waals surface area contributed by atoms with Crippen LogP contribution in [0.2, 0.25) is 0 Å². The molecule has 1 N–H and O–H groups in total. The number of carbonyl (C=O) groups is 2. The molecule has 1 saturated heterocycles. The molecule has 10 nitrogen and oxygen atoms in total. The number of rotatable bonds is 10. The van der Waals surface area contributed by atoms with E-state index in [0.717, 1.165) is 12.2 Å². The van der Waals surface area contributed by atoms with Crippen molar-refractivity contribution in [2.24, 2.45) is 0 Å². The summed E-state index contributed by atoms with van der Waals surface area (Å²) in [5.41, 5.74) is -0.310. The number of aliphatic carboxylic acids is 1. The van der Waals surface area contributed by atoms with Crippen LogP contribution in [0.25, 0.3) is 0 Å². The molecule has 0 spiro atoms. The van der Waals surface area contributed by atoms with E-state index in [-0.39, 0.29) is 25.4 Å². The van der Waals surface area contributed by atoms with Crippen molar-refractivity contribution in [2.75, 3.05) is 47.6 Å². The quantitative estimate of drug-likeness (QED) is 0.555. The van der Waals surface area contributed by atoms with Gasteiger partial charge in [0.25, 0.3) is 0 Å². The van der Waals surface area contributed by atoms with Crippen molar-refractivity contribution in [1.82, 2.24) is 24.8 Å². The van der Waals surface area contributed by atoms with Gasteiger partial charge in [-0.3, -0.25) is 9.48 Å². The first kappa shape index (κ1) is 21.3. The number of aryl methyl sites for hydroxylation is 1. The molecule has 1 aliphatic heterocycles. The highest BCUT2D eigenvalue weighted by molar-refractivity contribution is 5.87. The first-order valence-corrected chi connectivity index (χ1v) is 9.04. The Morgan fingerprint density at radius 3 is 2.67 bits per heavy atom. The average Bonchev–Trinajstić information content (AvgIpc) is 3.07. The number of carbonyl (C=O) groups excluding carboxylic acids is 1. The van der Waals surface area contributed by atoms with Gasteiger partial charge in [0.2, 0.25) is 5.91 Å². The third kappa shape index (κ3) is 5.72. The predicted octanol–water partition coefficient (Wildman–Crippen LogP) is -0.161. The Labute approximate surface area is 159 Å². The number of carboxylic acids is 1. The molecule has 1 aromatic heterocycles. The summed E-state index contributed by atoms with van der Waals surface area (Å²) in [4.78, 5) is 27.4. The topological polar surface area (TPSA) is 110 Å². The van der Waals surface area contributed by atoms with E-state index in [9.17, 15) is 14.7 Å². The van der Waals surface area contributed by atoms with E-state index in [1.165, 1.54) is 11.9 Å². The van der Waals surface area contributed by atoms with Gasteiger partial charge in [-0.25, -0.2) is 4.79 Å². The zero-order valence-corrected chi connectivity index (χ0v) is 16.3. The molecule has 0 unspecified atom stereocenters. The molecule has 1 aliphatic rings. The SMILES string of the molecule is CN(C)Cc1cn(CCCOCC(=O)N(C)C2(C(=O)O)CCOCC2)nn1. The highest BCUT2D eigenvalue weighted by Gasteiger charge is 2.45. The minimum Gasteiger partial charge on any atom is -0.479 e. The van der Waals surface area contributed by atoms with Crippen molar-refractivity contribution in [2.45, 2.75) is 37.9 Å². The number of ether oxygens (including phenoxy) is 2. The standard InChI is InChI=1S/C17H29N5O5/c1-20(2)11-14-12-22(19-18-14)7-4-8-27-13-15(23)21(3)17(16(24)25)5-9-26-10-6-17/h12H,4-11,13H2,1-3H3,(H,24,25). The van der Waals surface area contributed by atoms with E-state index in [1.54, 1.807) is 4.68 Å². The zero-order valence-electron chi connectivity index (χ0n) is 16.3. The predicted molar refractivity (Wildman–Crippen MR) is 96.0 cm³/mol. The van der Waals surface area contributed by atoms with Gasteiger partial charge in [-0.1, -0.05) is 5.21 Å². The fraction of sp³-hybridized carbons (Fsp3) is 0.765. The summed E-state index contributed by atoms with van der Waals surface area (Å²) in [5, 5.41) is 17.7. The van der Waals surface area contributed by atoms with Crippen LogP contribution in [0, 0.1) is 0 Å². The molecule has 1 fully saturated rings. The summed E-state index contributed by atoms with van der Waals surface area (Å²) >= 11 is 0. The molecule has 0 bridgehead atoms. The van der Waals surface area contributed by atoms with E-state index >= 15 is 0 Å². The number of likely N-dealkylation sites (N-methyl/N-ethyl adjacent to an activating group) is 1. The van der Waals surface area contributed by atoms with E-state index in [4.69, 9.17) is 9.47 Å². The van der Waals surface area contributed by atoms with Gasteiger partial charge in [0.05, 0.1) is 5.69 Å². The number of hydrogen-bond acceptors (Lipinski definition) is 7. The second-order valence-corrected chi connectivity index (χ2v) is 7.02. The molecule has 0 aromatic carbocycles. The van der Waals surface area contributed by atoms with E-state index in [2.05, 4.69) is 10.3 Å². The number of carboxylic acid groups (broad SMARTS) is 1. The van der Waals surface area contributed by atoms with Crippen molar-refractivity contribution in [3.8, 4) is 0 Å². The minimum atomic E-state index is -1.21. The van der Waals surface area contributed by atoms with Gasteiger partial charge in [0.15, 0.2) is 0 Å². The lowest BCUT2D eigenvalue weighted by Crippen LogP contribution is -2.58. The van der Waals surface area contributed by atoms with Crippen LogP contribution < -0.4 is 0 Å². The van der Waals surface area contributed by atoms with E-state index in [0.29, 0.717) is 32.8 Å². The van der Waals surface area contributed by atoms with Crippen LogP contribution in [0.15, 0.2) is 6.20 Å². The maximum atomic E-state index is 12.4. The highest BCUT2D eigenvalue weighted by Crippen LogP contribution is 2.27. The third-order valence-corrected chi connectivity index (χ3v) is 4.70. The zero-order chi connectivity index (χ0) is 19.9. The van der Waals surface area contributed by atoms with Crippen LogP contribution in [0.3, 0.4) is 0 Å². The number of aromatic nitrogens is 3. The summed E-state index contributed by atoms with van der Waals surface area (Å²) in [6.07, 6.45) is 3.14. The van der Waals surface area contributed by atoms with Crippen LogP contribution in [0.4, 0.5) is 0 Å². The maximum absolute atomic E-state index is 12.4. The number of amides is 1. The van der Waals surface area contributed by atoms with Crippen LogP contribution in [-0.4, -0.2) is 94.9 Å². The average molecular weight is 383 g/mol. The molecule has 10 heteroatoms. The van der Waals surface area contributed by atoms with Crippen molar-refractivity contribution < 1.29 is 24.2 Å². The summed E-state index contributed by atoms with van der Waals surface area (Å²) in [6.45, 7) is 2.27. The van der Waals surface area contributed by atoms with Gasteiger partial charge >= 0.3 is 5.97 Å². The molecule has 0 atom stereocenters. The first-order valence-electron chi connectivity index (χ1n) is 9.04. The molecule has 1 aromatic rings. The lowest BCUT2D eigenvalue weighted by Gasteiger charge is -2.40. The highest BCUT2D eigenvalue weighted by atomic mass is 16.5. The Morgan fingerprint density at radius 2 is 2.04 bits per heavy atom. The largest absolute Gasteiger partial charge is 0.479 e. The molecular formula is C17H29N5O5. The molecule has 2 heterocycles. The van der Waals surface area contributed by atoms with Crippen LogP contribution in [0.1, 0.15) is 25.0 Å². The molecular weight excluding hydrogens is 354 g/mol. The Bertz CT molecular complexity index is 627. The van der Waals surface area contributed by atoms with Crippen LogP contribution in [0.5, 0.6) is 0 Å². The van der Waals surface area contributed by atoms with E-state index < -0.39 is 11.5 Å². The fourth-order valence-electron chi connectivity index (χ4n) is 3.07. The van der Waals surface area contributed by atoms with Crippen molar-refractivity contribution in [3.63, 3.8) is 0 Å². The smallest absolute Gasteiger partial charge is 0.329 e. The van der Waals surface area contributed by atoms with Gasteiger partial charge in [-0.05, 0) is 20.5 Å². The van der Waals surface area contributed by atoms with Crippen molar-refractivity contribution in [1.29, 1.82) is 0 Å². The van der Waals surface area contributed by atoms with Gasteiger partial charge in [0.1, 0.15) is 12.1 Å². The third-order valence-electron chi connectivity index (χ3n) is 4.70. The summed E-state index contributed by atoms with van der Waals surface area (Å²) < 4.78 is 12.4. The minimum absolute atomic E-state index is 0.143. The second kappa shape index (κ2) is 9.77. The Balaban J connectivity index is 1.72. The first-order chi connectivity index (χ1) is 12.8. The number of nitrogens with zero attached hydrogens (tertiary/aromatic N) is 5. The molecule has 152 valence electrons. The molecule has 0 radical (unpaired) electrons. The van der Waals surface area contributed by atoms with Crippen molar-refractivity contribution in [3.05, 3.63) is 11.9 Å². The van der Waals surface area contributed by atoms with Gasteiger partial charge < -0.3 is 24.4 Å². The van der Waals surface area contributed by atoms with Gasteiger partial charge in [0, 0.05) is 59.0 Å². The van der Waals surface area contributed by atoms with Gasteiger partial charge in [-0.2, -0.15) is 0 Å². The molecule has 2 rings (SSSR count). The van der Waals surface area contributed by atoms with E-state index in [1.807, 2.05) is 25.2 Å². The maximum Gasteiger partial charge on any atom is 0.329 e. The summed E-state index contributed by atoms with van der Waals surface area (Å²) in [7, 11) is 5.46. The molecule has 0 saturated carbocycles. The van der Waals surface area contributed by atoms with Crippen LogP contribution in [-0.2, 0) is 32.2 Å².